The van der Waals surface area contributed by atoms with E-state index in [2.05, 4.69) is 49.9 Å². The third-order valence-electron chi connectivity index (χ3n) is 2.23. The quantitative estimate of drug-likeness (QED) is 0.679. The van der Waals surface area contributed by atoms with E-state index < -0.39 is 0 Å². The molecule has 0 radical (unpaired) electrons. The van der Waals surface area contributed by atoms with Gasteiger partial charge in [-0.15, -0.1) is 0 Å². The zero-order valence-electron chi connectivity index (χ0n) is 8.24. The van der Waals surface area contributed by atoms with Gasteiger partial charge in [-0.3, -0.25) is 0 Å². The Hall–Kier alpha value is -0.430. The zero-order valence-corrected chi connectivity index (χ0v) is 9.13. The van der Waals surface area contributed by atoms with Gasteiger partial charge in [0.15, 0.2) is 0 Å². The number of rotatable bonds is 5. The van der Waals surface area contributed by atoms with Crippen LogP contribution in [-0.4, -0.2) is 5.25 Å². The molecule has 0 heterocycles. The van der Waals surface area contributed by atoms with E-state index in [0.29, 0.717) is 5.25 Å². The van der Waals surface area contributed by atoms with Gasteiger partial charge in [0.25, 0.3) is 0 Å². The van der Waals surface area contributed by atoms with Crippen LogP contribution in [0.25, 0.3) is 0 Å². The minimum atomic E-state index is 0.574. The first-order valence-electron chi connectivity index (χ1n) is 5.05. The zero-order chi connectivity index (χ0) is 9.52. The molecule has 0 aliphatic rings. The Morgan fingerprint density at radius 1 is 1.15 bits per heavy atom. The summed E-state index contributed by atoms with van der Waals surface area (Å²) in [5.74, 6) is 0. The molecule has 1 heteroatoms. The molecular formula is C12H18S. The van der Waals surface area contributed by atoms with E-state index in [0.717, 1.165) is 6.42 Å². The fourth-order valence-electron chi connectivity index (χ4n) is 1.46. The number of hydrogen-bond donors (Lipinski definition) is 1. The molecule has 0 nitrogen and oxygen atoms in total. The van der Waals surface area contributed by atoms with Gasteiger partial charge in [-0.05, 0) is 24.8 Å². The Morgan fingerprint density at radius 2 is 1.85 bits per heavy atom. The van der Waals surface area contributed by atoms with Crippen LogP contribution in [0.4, 0.5) is 0 Å². The summed E-state index contributed by atoms with van der Waals surface area (Å²) in [4.78, 5) is 0. The number of thiol groups is 1. The lowest BCUT2D eigenvalue weighted by molar-refractivity contribution is 0.687. The third-order valence-corrected chi connectivity index (χ3v) is 2.75. The van der Waals surface area contributed by atoms with E-state index in [1.807, 2.05) is 0 Å². The summed E-state index contributed by atoms with van der Waals surface area (Å²) in [6, 6.07) is 10.6. The van der Waals surface area contributed by atoms with E-state index in [1.165, 1.54) is 24.8 Å². The van der Waals surface area contributed by atoms with Gasteiger partial charge < -0.3 is 0 Å². The van der Waals surface area contributed by atoms with Gasteiger partial charge in [-0.25, -0.2) is 0 Å². The third kappa shape index (κ3) is 4.37. The highest BCUT2D eigenvalue weighted by Crippen LogP contribution is 2.12. The van der Waals surface area contributed by atoms with Crippen molar-refractivity contribution in [3.8, 4) is 0 Å². The van der Waals surface area contributed by atoms with E-state index >= 15 is 0 Å². The summed E-state index contributed by atoms with van der Waals surface area (Å²) < 4.78 is 0. The maximum absolute atomic E-state index is 4.54. The minimum Gasteiger partial charge on any atom is -0.176 e. The van der Waals surface area contributed by atoms with Gasteiger partial charge in [0.05, 0.1) is 0 Å². The molecule has 0 saturated heterocycles. The Kier molecular flexibility index (Phi) is 4.99. The predicted molar refractivity (Wildman–Crippen MR) is 62.4 cm³/mol. The van der Waals surface area contributed by atoms with Gasteiger partial charge in [0, 0.05) is 5.25 Å². The van der Waals surface area contributed by atoms with Crippen LogP contribution in [0, 0.1) is 0 Å². The molecule has 1 rings (SSSR count). The first-order chi connectivity index (χ1) is 6.33. The molecule has 13 heavy (non-hydrogen) atoms. The van der Waals surface area contributed by atoms with E-state index in [9.17, 15) is 0 Å². The van der Waals surface area contributed by atoms with Crippen LogP contribution in [0.2, 0.25) is 0 Å². The normalized spacial score (nSPS) is 12.8. The second-order valence-corrected chi connectivity index (χ2v) is 4.20. The van der Waals surface area contributed by atoms with Crippen molar-refractivity contribution in [2.24, 2.45) is 0 Å². The second kappa shape index (κ2) is 6.09. The van der Waals surface area contributed by atoms with Crippen LogP contribution < -0.4 is 0 Å². The Balaban J connectivity index is 2.27. The fourth-order valence-corrected chi connectivity index (χ4v) is 1.84. The van der Waals surface area contributed by atoms with Crippen LogP contribution in [-0.2, 0) is 6.42 Å². The van der Waals surface area contributed by atoms with Gasteiger partial charge in [-0.2, -0.15) is 12.6 Å². The molecule has 0 N–H and O–H groups in total. The fraction of sp³-hybridized carbons (Fsp3) is 0.500. The molecule has 0 spiro atoms. The molecule has 0 saturated carbocycles. The van der Waals surface area contributed by atoms with Crippen LogP contribution in [0.1, 0.15) is 31.7 Å². The summed E-state index contributed by atoms with van der Waals surface area (Å²) in [6.45, 7) is 2.21. The average Bonchev–Trinajstić information content (AvgIpc) is 2.17. The standard InChI is InChI=1S/C12H18S/c1-2-6-12(13)10-9-11-7-4-3-5-8-11/h3-5,7-8,12-13H,2,6,9-10H2,1H3. The first kappa shape index (κ1) is 10.6. The van der Waals surface area contributed by atoms with Crippen molar-refractivity contribution in [2.75, 3.05) is 0 Å². The largest absolute Gasteiger partial charge is 0.176 e. The van der Waals surface area contributed by atoms with Gasteiger partial charge in [0.2, 0.25) is 0 Å². The average molecular weight is 194 g/mol. The molecule has 1 aromatic carbocycles. The highest BCUT2D eigenvalue weighted by atomic mass is 32.1. The summed E-state index contributed by atoms with van der Waals surface area (Å²) in [6.07, 6.45) is 4.83. The summed E-state index contributed by atoms with van der Waals surface area (Å²) >= 11 is 4.54. The highest BCUT2D eigenvalue weighted by molar-refractivity contribution is 7.80. The van der Waals surface area contributed by atoms with Crippen LogP contribution in [0.3, 0.4) is 0 Å². The van der Waals surface area contributed by atoms with Crippen LogP contribution in [0.15, 0.2) is 30.3 Å². The van der Waals surface area contributed by atoms with Crippen molar-refractivity contribution in [1.29, 1.82) is 0 Å². The Morgan fingerprint density at radius 3 is 2.46 bits per heavy atom. The van der Waals surface area contributed by atoms with E-state index in [1.54, 1.807) is 0 Å². The van der Waals surface area contributed by atoms with Gasteiger partial charge >= 0.3 is 0 Å². The molecule has 1 aromatic rings. The predicted octanol–water partition coefficient (Wildman–Crippen LogP) is 3.72. The first-order valence-corrected chi connectivity index (χ1v) is 5.56. The van der Waals surface area contributed by atoms with E-state index in [-0.39, 0.29) is 0 Å². The monoisotopic (exact) mass is 194 g/mol. The highest BCUT2D eigenvalue weighted by Gasteiger charge is 2.01. The Bertz CT molecular complexity index is 218. The summed E-state index contributed by atoms with van der Waals surface area (Å²) in [7, 11) is 0. The molecule has 1 unspecified atom stereocenters. The molecule has 0 aromatic heterocycles. The molecule has 0 amide bonds. The SMILES string of the molecule is CCCC(S)CCc1ccccc1. The number of aryl methyl sites for hydroxylation is 1. The van der Waals surface area contributed by atoms with Crippen LogP contribution >= 0.6 is 12.6 Å². The molecule has 0 aliphatic heterocycles. The molecular weight excluding hydrogens is 176 g/mol. The molecule has 72 valence electrons. The maximum Gasteiger partial charge on any atom is 0.00198 e. The molecule has 0 bridgehead atoms. The van der Waals surface area contributed by atoms with Crippen LogP contribution in [0.5, 0.6) is 0 Å². The molecule has 0 fully saturated rings. The topological polar surface area (TPSA) is 0 Å². The van der Waals surface area contributed by atoms with Crippen molar-refractivity contribution in [3.63, 3.8) is 0 Å². The lowest BCUT2D eigenvalue weighted by Crippen LogP contribution is -1.99. The molecule has 0 aliphatic carbocycles. The van der Waals surface area contributed by atoms with Gasteiger partial charge in [-0.1, -0.05) is 43.7 Å². The summed E-state index contributed by atoms with van der Waals surface area (Å²) in [5.41, 5.74) is 1.43. The van der Waals surface area contributed by atoms with Gasteiger partial charge in [0.1, 0.15) is 0 Å². The smallest absolute Gasteiger partial charge is 0.00198 e. The van der Waals surface area contributed by atoms with Crippen molar-refractivity contribution in [3.05, 3.63) is 35.9 Å². The number of hydrogen-bond acceptors (Lipinski definition) is 1. The van der Waals surface area contributed by atoms with Crippen molar-refractivity contribution >= 4 is 12.6 Å². The lowest BCUT2D eigenvalue weighted by atomic mass is 10.1. The van der Waals surface area contributed by atoms with Crippen molar-refractivity contribution < 1.29 is 0 Å². The van der Waals surface area contributed by atoms with E-state index in [4.69, 9.17) is 0 Å². The summed E-state index contributed by atoms with van der Waals surface area (Å²) in [5, 5.41) is 0.574. The Labute approximate surface area is 86.8 Å². The minimum absolute atomic E-state index is 0.574. The second-order valence-electron chi connectivity index (χ2n) is 3.47. The number of benzene rings is 1. The van der Waals surface area contributed by atoms with Crippen molar-refractivity contribution in [2.45, 2.75) is 37.9 Å². The lowest BCUT2D eigenvalue weighted by Gasteiger charge is -2.08. The van der Waals surface area contributed by atoms with Crippen molar-refractivity contribution in [1.82, 2.24) is 0 Å². The molecule has 1 atom stereocenters. The maximum atomic E-state index is 4.54.